The van der Waals surface area contributed by atoms with Crippen molar-refractivity contribution in [2.45, 2.75) is 23.6 Å². The van der Waals surface area contributed by atoms with Gasteiger partial charge >= 0.3 is 0 Å². The number of hydrogen-bond donors (Lipinski definition) is 2. The second-order valence-corrected chi connectivity index (χ2v) is 7.04. The fraction of sp³-hybridized carbons (Fsp3) is 0.222. The zero-order chi connectivity index (χ0) is 15.5. The molecule has 0 fully saturated rings. The molecule has 4 rings (SSSR count). The molecule has 0 spiro atoms. The van der Waals surface area contributed by atoms with Crippen LogP contribution >= 0.6 is 11.8 Å². The van der Waals surface area contributed by atoms with E-state index in [0.717, 1.165) is 24.3 Å². The van der Waals surface area contributed by atoms with Crippen LogP contribution in [-0.2, 0) is 0 Å². The first-order valence-electron chi connectivity index (χ1n) is 7.79. The summed E-state index contributed by atoms with van der Waals surface area (Å²) in [5.74, 6) is 0. The standard InChI is InChI=1S/C18H18N4S/c1-3-7-13(8-4-1)15-11-17(21-19-15)23-18-12-16(20-22-18)14-9-5-2-6-10-14/h1-10,17-18,21-22H,11-12H2. The van der Waals surface area contributed by atoms with Crippen LogP contribution in [-0.4, -0.2) is 22.2 Å². The van der Waals surface area contributed by atoms with Gasteiger partial charge < -0.3 is 0 Å². The van der Waals surface area contributed by atoms with Gasteiger partial charge in [-0.05, 0) is 11.1 Å². The summed E-state index contributed by atoms with van der Waals surface area (Å²) in [7, 11) is 0. The van der Waals surface area contributed by atoms with E-state index in [1.807, 2.05) is 23.9 Å². The van der Waals surface area contributed by atoms with Gasteiger partial charge in [-0.3, -0.25) is 10.9 Å². The van der Waals surface area contributed by atoms with Crippen molar-refractivity contribution in [1.82, 2.24) is 10.9 Å². The molecule has 0 aliphatic carbocycles. The molecule has 4 nitrogen and oxygen atoms in total. The normalized spacial score (nSPS) is 23.0. The number of nitrogens with zero attached hydrogens (tertiary/aromatic N) is 2. The van der Waals surface area contributed by atoms with Crippen molar-refractivity contribution < 1.29 is 0 Å². The molecule has 2 unspecified atom stereocenters. The Morgan fingerprint density at radius 3 is 1.57 bits per heavy atom. The minimum absolute atomic E-state index is 0.299. The predicted octanol–water partition coefficient (Wildman–Crippen LogP) is 3.17. The number of rotatable bonds is 4. The summed E-state index contributed by atoms with van der Waals surface area (Å²) in [5.41, 5.74) is 11.1. The average molecular weight is 322 g/mol. The van der Waals surface area contributed by atoms with Gasteiger partial charge in [-0.15, -0.1) is 11.8 Å². The zero-order valence-electron chi connectivity index (χ0n) is 12.6. The van der Waals surface area contributed by atoms with E-state index in [2.05, 4.69) is 69.6 Å². The van der Waals surface area contributed by atoms with Crippen molar-refractivity contribution in [3.8, 4) is 0 Å². The molecule has 2 aromatic carbocycles. The fourth-order valence-corrected chi connectivity index (χ4v) is 3.95. The van der Waals surface area contributed by atoms with Gasteiger partial charge in [0.2, 0.25) is 0 Å². The van der Waals surface area contributed by atoms with Crippen LogP contribution in [0.5, 0.6) is 0 Å². The first-order valence-corrected chi connectivity index (χ1v) is 8.73. The molecule has 2 aromatic rings. The summed E-state index contributed by atoms with van der Waals surface area (Å²) in [6, 6.07) is 20.7. The Balaban J connectivity index is 1.32. The molecule has 2 N–H and O–H groups in total. The Kier molecular flexibility index (Phi) is 4.03. The lowest BCUT2D eigenvalue weighted by molar-refractivity contribution is 0.722. The van der Waals surface area contributed by atoms with Crippen LogP contribution in [0.15, 0.2) is 70.9 Å². The highest BCUT2D eigenvalue weighted by molar-refractivity contribution is 8.00. The quantitative estimate of drug-likeness (QED) is 0.909. The van der Waals surface area contributed by atoms with E-state index in [1.165, 1.54) is 11.1 Å². The van der Waals surface area contributed by atoms with Gasteiger partial charge in [0.25, 0.3) is 0 Å². The van der Waals surface area contributed by atoms with Gasteiger partial charge in [-0.25, -0.2) is 0 Å². The maximum Gasteiger partial charge on any atom is 0.0969 e. The highest BCUT2D eigenvalue weighted by atomic mass is 32.2. The molecule has 0 radical (unpaired) electrons. The lowest BCUT2D eigenvalue weighted by Gasteiger charge is -2.15. The fourth-order valence-electron chi connectivity index (χ4n) is 2.81. The minimum atomic E-state index is 0.299. The molecule has 23 heavy (non-hydrogen) atoms. The van der Waals surface area contributed by atoms with Gasteiger partial charge in [-0.2, -0.15) is 10.2 Å². The molecule has 2 atom stereocenters. The number of hydrogen-bond acceptors (Lipinski definition) is 5. The highest BCUT2D eigenvalue weighted by Gasteiger charge is 2.27. The zero-order valence-corrected chi connectivity index (χ0v) is 13.5. The number of nitrogens with one attached hydrogen (secondary N) is 2. The molecule has 2 aliphatic rings. The molecule has 0 bridgehead atoms. The van der Waals surface area contributed by atoms with E-state index >= 15 is 0 Å². The Morgan fingerprint density at radius 1 is 0.696 bits per heavy atom. The third-order valence-corrected chi connectivity index (χ3v) is 5.19. The SMILES string of the molecule is c1ccc(C2=NNC(SC3CC(c4ccccc4)=NN3)C2)cc1. The van der Waals surface area contributed by atoms with Crippen molar-refractivity contribution in [2.24, 2.45) is 10.2 Å². The van der Waals surface area contributed by atoms with Gasteiger partial charge in [0.05, 0.1) is 22.2 Å². The van der Waals surface area contributed by atoms with Crippen LogP contribution in [0.4, 0.5) is 0 Å². The van der Waals surface area contributed by atoms with Crippen LogP contribution in [0.25, 0.3) is 0 Å². The van der Waals surface area contributed by atoms with E-state index in [-0.39, 0.29) is 0 Å². The van der Waals surface area contributed by atoms with E-state index in [1.54, 1.807) is 0 Å². The lowest BCUT2D eigenvalue weighted by Crippen LogP contribution is -2.24. The summed E-state index contributed by atoms with van der Waals surface area (Å²) in [6.07, 6.45) is 1.88. The molecule has 5 heteroatoms. The molecule has 0 amide bonds. The van der Waals surface area contributed by atoms with Crippen LogP contribution in [0.1, 0.15) is 24.0 Å². The van der Waals surface area contributed by atoms with E-state index in [4.69, 9.17) is 0 Å². The second kappa shape index (κ2) is 6.46. The Morgan fingerprint density at radius 2 is 1.13 bits per heavy atom. The van der Waals surface area contributed by atoms with Crippen molar-refractivity contribution >= 4 is 23.2 Å². The van der Waals surface area contributed by atoms with Gasteiger partial charge in [0, 0.05) is 12.8 Å². The van der Waals surface area contributed by atoms with Gasteiger partial charge in [0.15, 0.2) is 0 Å². The van der Waals surface area contributed by atoms with Crippen molar-refractivity contribution in [1.29, 1.82) is 0 Å². The third-order valence-electron chi connectivity index (χ3n) is 3.99. The number of benzene rings is 2. The highest BCUT2D eigenvalue weighted by Crippen LogP contribution is 2.28. The second-order valence-electron chi connectivity index (χ2n) is 5.63. The molecule has 2 aliphatic heterocycles. The van der Waals surface area contributed by atoms with Gasteiger partial charge in [-0.1, -0.05) is 60.7 Å². The maximum atomic E-state index is 4.49. The van der Waals surface area contributed by atoms with E-state index in [9.17, 15) is 0 Å². The van der Waals surface area contributed by atoms with Crippen molar-refractivity contribution in [2.75, 3.05) is 0 Å². The maximum absolute atomic E-state index is 4.49. The summed E-state index contributed by atoms with van der Waals surface area (Å²) in [5, 5.41) is 9.57. The predicted molar refractivity (Wildman–Crippen MR) is 96.6 cm³/mol. The molecule has 2 heterocycles. The molecule has 0 saturated heterocycles. The van der Waals surface area contributed by atoms with Crippen molar-refractivity contribution in [3.05, 3.63) is 71.8 Å². The first-order chi connectivity index (χ1) is 11.4. The van der Waals surface area contributed by atoms with Crippen LogP contribution < -0.4 is 10.9 Å². The smallest absolute Gasteiger partial charge is 0.0969 e. The summed E-state index contributed by atoms with van der Waals surface area (Å²) in [6.45, 7) is 0. The average Bonchev–Trinajstić information content (AvgIpc) is 3.27. The summed E-state index contributed by atoms with van der Waals surface area (Å²) in [4.78, 5) is 0. The van der Waals surface area contributed by atoms with Gasteiger partial charge in [0.1, 0.15) is 0 Å². The lowest BCUT2D eigenvalue weighted by atomic mass is 10.1. The Bertz CT molecular complexity index is 664. The minimum Gasteiger partial charge on any atom is -0.296 e. The molecule has 0 saturated carbocycles. The summed E-state index contributed by atoms with van der Waals surface area (Å²) >= 11 is 1.86. The summed E-state index contributed by atoms with van der Waals surface area (Å²) < 4.78 is 0. The van der Waals surface area contributed by atoms with Crippen molar-refractivity contribution in [3.63, 3.8) is 0 Å². The number of hydrazone groups is 2. The van der Waals surface area contributed by atoms with Crippen LogP contribution in [0.2, 0.25) is 0 Å². The molecular formula is C18H18N4S. The molecular weight excluding hydrogens is 304 g/mol. The van der Waals surface area contributed by atoms with Crippen LogP contribution in [0, 0.1) is 0 Å². The Labute approximate surface area is 140 Å². The number of thioether (sulfide) groups is 1. The topological polar surface area (TPSA) is 48.8 Å². The van der Waals surface area contributed by atoms with E-state index < -0.39 is 0 Å². The molecule has 0 aromatic heterocycles. The van der Waals surface area contributed by atoms with E-state index in [0.29, 0.717) is 10.7 Å². The molecule has 116 valence electrons. The first kappa shape index (κ1) is 14.3. The third kappa shape index (κ3) is 3.24. The largest absolute Gasteiger partial charge is 0.296 e. The van der Waals surface area contributed by atoms with Crippen LogP contribution in [0.3, 0.4) is 0 Å². The monoisotopic (exact) mass is 322 g/mol. The Hall–Kier alpha value is -2.27.